The van der Waals surface area contributed by atoms with E-state index in [1.807, 2.05) is 0 Å². The van der Waals surface area contributed by atoms with Crippen LogP contribution in [0.2, 0.25) is 0 Å². The average Bonchev–Trinajstić information content (AvgIpc) is 3.35. The Kier molecular flexibility index (Phi) is 3.57. The van der Waals surface area contributed by atoms with Gasteiger partial charge in [0.05, 0.1) is 0 Å². The third-order valence-corrected chi connectivity index (χ3v) is 3.88. The minimum Gasteiger partial charge on any atom is -0.423 e. The summed E-state index contributed by atoms with van der Waals surface area (Å²) in [7, 11) is 0. The molecule has 0 aliphatic heterocycles. The Balaban J connectivity index is 1.57. The molecule has 25 heavy (non-hydrogen) atoms. The molecule has 2 N–H and O–H groups in total. The van der Waals surface area contributed by atoms with Crippen LogP contribution in [0.25, 0.3) is 5.65 Å². The van der Waals surface area contributed by atoms with Gasteiger partial charge in [-0.1, -0.05) is 6.07 Å². The number of pyridine rings is 1. The largest absolute Gasteiger partial charge is 0.423 e. The second-order valence-electron chi connectivity index (χ2n) is 5.81. The maximum Gasteiger partial charge on any atom is 0.347 e. The van der Waals surface area contributed by atoms with Gasteiger partial charge in [-0.15, -0.1) is 0 Å². The van der Waals surface area contributed by atoms with E-state index in [9.17, 15) is 14.4 Å². The lowest BCUT2D eigenvalue weighted by atomic mass is 10.2. The maximum atomic E-state index is 12.4. The van der Waals surface area contributed by atoms with Gasteiger partial charge >= 0.3 is 11.7 Å². The van der Waals surface area contributed by atoms with E-state index in [0.717, 1.165) is 12.8 Å². The second-order valence-corrected chi connectivity index (χ2v) is 5.81. The first kappa shape index (κ1) is 15.1. The molecule has 0 atom stereocenters. The van der Waals surface area contributed by atoms with E-state index in [4.69, 9.17) is 4.74 Å². The predicted molar refractivity (Wildman–Crippen MR) is 87.7 cm³/mol. The first-order valence-electron chi connectivity index (χ1n) is 7.81. The number of nitrogens with zero attached hydrogens (tertiary/aromatic N) is 2. The van der Waals surface area contributed by atoms with E-state index in [-0.39, 0.29) is 28.9 Å². The van der Waals surface area contributed by atoms with Gasteiger partial charge in [-0.25, -0.2) is 19.1 Å². The number of carbonyl (C=O) groups is 2. The molecule has 3 aromatic rings. The fraction of sp³-hybridized carbons (Fsp3) is 0.176. The van der Waals surface area contributed by atoms with Crippen molar-refractivity contribution >= 4 is 17.5 Å². The van der Waals surface area contributed by atoms with Crippen LogP contribution in [0.4, 0.5) is 0 Å². The lowest BCUT2D eigenvalue weighted by Crippen LogP contribution is -2.25. The third kappa shape index (κ3) is 3.01. The zero-order valence-corrected chi connectivity index (χ0v) is 13.1. The lowest BCUT2D eigenvalue weighted by Gasteiger charge is -2.07. The van der Waals surface area contributed by atoms with Gasteiger partial charge < -0.3 is 10.1 Å². The number of aromatic nitrogens is 3. The van der Waals surface area contributed by atoms with Gasteiger partial charge in [0.1, 0.15) is 11.3 Å². The molecular weight excluding hydrogens is 324 g/mol. The highest BCUT2D eigenvalue weighted by atomic mass is 16.5. The Morgan fingerprint density at radius 1 is 1.24 bits per heavy atom. The fourth-order valence-corrected chi connectivity index (χ4v) is 2.45. The molecule has 4 rings (SSSR count). The number of H-pyrrole nitrogens is 1. The zero-order chi connectivity index (χ0) is 17.4. The highest BCUT2D eigenvalue weighted by molar-refractivity contribution is 5.98. The highest BCUT2D eigenvalue weighted by Gasteiger charge is 2.24. The Morgan fingerprint density at radius 3 is 2.88 bits per heavy atom. The summed E-state index contributed by atoms with van der Waals surface area (Å²) in [5.74, 6) is -0.612. The monoisotopic (exact) mass is 338 g/mol. The molecule has 0 saturated heterocycles. The van der Waals surface area contributed by atoms with E-state index < -0.39 is 11.7 Å². The van der Waals surface area contributed by atoms with Crippen LogP contribution in [0.3, 0.4) is 0 Å². The quantitative estimate of drug-likeness (QED) is 0.548. The summed E-state index contributed by atoms with van der Waals surface area (Å²) in [5, 5.41) is 8.99. The van der Waals surface area contributed by atoms with Crippen LogP contribution >= 0.6 is 0 Å². The number of fused-ring (bicyclic) bond motifs is 1. The van der Waals surface area contributed by atoms with Crippen LogP contribution in [0, 0.1) is 0 Å². The van der Waals surface area contributed by atoms with Crippen molar-refractivity contribution in [2.75, 3.05) is 0 Å². The van der Waals surface area contributed by atoms with Crippen molar-refractivity contribution < 1.29 is 14.3 Å². The molecule has 8 heteroatoms. The van der Waals surface area contributed by atoms with Gasteiger partial charge in [0.2, 0.25) is 0 Å². The Morgan fingerprint density at radius 2 is 2.08 bits per heavy atom. The molecular formula is C17H14N4O4. The summed E-state index contributed by atoms with van der Waals surface area (Å²) in [6.07, 6.45) is 3.49. The first-order valence-corrected chi connectivity index (χ1v) is 7.81. The van der Waals surface area contributed by atoms with Crippen LogP contribution in [0.15, 0.2) is 47.4 Å². The van der Waals surface area contributed by atoms with Gasteiger partial charge in [0, 0.05) is 17.8 Å². The van der Waals surface area contributed by atoms with Gasteiger partial charge in [0.15, 0.2) is 5.65 Å². The Labute approximate surface area is 141 Å². The average molecular weight is 338 g/mol. The summed E-state index contributed by atoms with van der Waals surface area (Å²) in [4.78, 5) is 36.1. The second kappa shape index (κ2) is 5.90. The number of nitrogens with one attached hydrogen (secondary N) is 2. The van der Waals surface area contributed by atoms with Crippen LogP contribution in [-0.2, 0) is 0 Å². The van der Waals surface area contributed by atoms with Crippen molar-refractivity contribution in [3.8, 4) is 5.75 Å². The molecule has 2 heterocycles. The number of carbonyl (C=O) groups excluding carboxylic acids is 2. The molecule has 0 bridgehead atoms. The molecule has 8 nitrogen and oxygen atoms in total. The number of rotatable bonds is 4. The predicted octanol–water partition coefficient (Wildman–Crippen LogP) is 1.13. The number of hydrogen-bond donors (Lipinski definition) is 2. The standard InChI is InChI=1S/C17H14N4O4/c22-15(18-11-6-7-11)10-3-1-4-12(9-10)25-16(23)13-5-2-8-21-14(13)19-20-17(21)24/h1-5,8-9,11H,6-7H2,(H,18,22)(H,20,24). The molecule has 1 aliphatic carbocycles. The summed E-state index contributed by atoms with van der Waals surface area (Å²) in [6, 6.07) is 9.71. The van der Waals surface area contributed by atoms with Crippen LogP contribution in [0.5, 0.6) is 5.75 Å². The highest BCUT2D eigenvalue weighted by Crippen LogP contribution is 2.21. The molecule has 0 unspecified atom stereocenters. The fourth-order valence-electron chi connectivity index (χ4n) is 2.45. The minimum atomic E-state index is -0.663. The number of hydrogen-bond acceptors (Lipinski definition) is 5. The van der Waals surface area contributed by atoms with Crippen molar-refractivity contribution in [2.24, 2.45) is 0 Å². The molecule has 2 aromatic heterocycles. The Hall–Kier alpha value is -3.42. The summed E-state index contributed by atoms with van der Waals surface area (Å²) < 4.78 is 6.56. The molecule has 1 aliphatic rings. The van der Waals surface area contributed by atoms with Crippen molar-refractivity contribution in [2.45, 2.75) is 18.9 Å². The van der Waals surface area contributed by atoms with E-state index in [1.54, 1.807) is 24.3 Å². The van der Waals surface area contributed by atoms with Gasteiger partial charge in [-0.05, 0) is 43.2 Å². The van der Waals surface area contributed by atoms with E-state index in [1.165, 1.54) is 22.7 Å². The zero-order valence-electron chi connectivity index (χ0n) is 13.1. The molecule has 1 aromatic carbocycles. The van der Waals surface area contributed by atoms with Crippen molar-refractivity contribution in [1.29, 1.82) is 0 Å². The van der Waals surface area contributed by atoms with Gasteiger partial charge in [-0.3, -0.25) is 4.79 Å². The van der Waals surface area contributed by atoms with Gasteiger partial charge in [-0.2, -0.15) is 5.10 Å². The number of aromatic amines is 1. The van der Waals surface area contributed by atoms with Crippen LogP contribution in [0.1, 0.15) is 33.6 Å². The number of esters is 1. The first-order chi connectivity index (χ1) is 12.1. The minimum absolute atomic E-state index is 0.147. The molecule has 0 spiro atoms. The topological polar surface area (TPSA) is 106 Å². The normalized spacial score (nSPS) is 13.6. The maximum absolute atomic E-state index is 12.4. The summed E-state index contributed by atoms with van der Waals surface area (Å²) in [6.45, 7) is 0. The number of ether oxygens (including phenoxy) is 1. The Bertz CT molecular complexity index is 1030. The van der Waals surface area contributed by atoms with Gasteiger partial charge in [0.25, 0.3) is 5.91 Å². The third-order valence-electron chi connectivity index (χ3n) is 3.88. The van der Waals surface area contributed by atoms with Crippen LogP contribution < -0.4 is 15.7 Å². The van der Waals surface area contributed by atoms with E-state index in [2.05, 4.69) is 15.5 Å². The number of benzene rings is 1. The lowest BCUT2D eigenvalue weighted by molar-refractivity contribution is 0.0734. The van der Waals surface area contributed by atoms with E-state index in [0.29, 0.717) is 5.56 Å². The van der Waals surface area contributed by atoms with Crippen LogP contribution in [-0.4, -0.2) is 32.5 Å². The van der Waals surface area contributed by atoms with Crippen molar-refractivity contribution in [3.63, 3.8) is 0 Å². The van der Waals surface area contributed by atoms with Crippen molar-refractivity contribution in [1.82, 2.24) is 19.9 Å². The number of amides is 1. The molecule has 0 radical (unpaired) electrons. The summed E-state index contributed by atoms with van der Waals surface area (Å²) >= 11 is 0. The van der Waals surface area contributed by atoms with E-state index >= 15 is 0 Å². The molecule has 126 valence electrons. The molecule has 1 amide bonds. The molecule has 1 fully saturated rings. The SMILES string of the molecule is O=C(NC1CC1)c1cccc(OC(=O)c2cccn3c(=O)[nH]nc23)c1. The van der Waals surface area contributed by atoms with Crippen molar-refractivity contribution in [3.05, 3.63) is 64.2 Å². The smallest absolute Gasteiger partial charge is 0.347 e. The molecule has 1 saturated carbocycles. The summed E-state index contributed by atoms with van der Waals surface area (Å²) in [5.41, 5.74) is 0.309.